The number of carbonyl (C=O) groups is 1. The molecule has 0 N–H and O–H groups in total. The first-order valence-corrected chi connectivity index (χ1v) is 15.4. The summed E-state index contributed by atoms with van der Waals surface area (Å²) in [7, 11) is 0. The maximum absolute atomic E-state index is 13.4. The Morgan fingerprint density at radius 3 is 2.04 bits per heavy atom. The fourth-order valence-electron chi connectivity index (χ4n) is 5.23. The predicted molar refractivity (Wildman–Crippen MR) is 162 cm³/mol. The summed E-state index contributed by atoms with van der Waals surface area (Å²) in [6, 6.07) is 16.5. The Kier molecular flexibility index (Phi) is 9.76. The van der Waals surface area contributed by atoms with Crippen LogP contribution in [0, 0.1) is 0 Å². The van der Waals surface area contributed by atoms with Gasteiger partial charge in [-0.05, 0) is 61.4 Å². The zero-order valence-electron chi connectivity index (χ0n) is 24.1. The number of amides is 1. The van der Waals surface area contributed by atoms with Gasteiger partial charge >= 0.3 is 12.4 Å². The van der Waals surface area contributed by atoms with Crippen molar-refractivity contribution in [1.29, 1.82) is 0 Å². The Balaban J connectivity index is 1.14. The number of alkyl halides is 6. The number of thioether (sulfide) groups is 1. The van der Waals surface area contributed by atoms with Crippen molar-refractivity contribution in [1.82, 2.24) is 14.5 Å². The van der Waals surface area contributed by atoms with Crippen LogP contribution >= 0.6 is 11.8 Å². The Bertz CT molecular complexity index is 1710. The molecule has 1 aliphatic heterocycles. The molecule has 0 aliphatic carbocycles. The Morgan fingerprint density at radius 1 is 0.756 bits per heavy atom. The van der Waals surface area contributed by atoms with Crippen molar-refractivity contribution in [2.45, 2.75) is 43.2 Å². The van der Waals surface area contributed by atoms with Crippen LogP contribution in [0.1, 0.15) is 36.8 Å². The SMILES string of the molecule is O=C(CCCCCSc1nc2ccccc2c(=O)n1-c1cccc(C(F)(F)F)c1)N1CCN(c2cccc(C(F)(F)F)c2)CC1. The summed E-state index contributed by atoms with van der Waals surface area (Å²) in [6.45, 7) is 1.73. The second-order valence-corrected chi connectivity index (χ2v) is 11.7. The number of hydrogen-bond acceptors (Lipinski definition) is 5. The van der Waals surface area contributed by atoms with Crippen molar-refractivity contribution < 1.29 is 31.1 Å². The normalized spacial score (nSPS) is 14.3. The van der Waals surface area contributed by atoms with Gasteiger partial charge < -0.3 is 9.80 Å². The van der Waals surface area contributed by atoms with E-state index in [1.807, 2.05) is 4.90 Å². The van der Waals surface area contributed by atoms with Crippen molar-refractivity contribution in [3.05, 3.63) is 94.3 Å². The first-order chi connectivity index (χ1) is 21.4. The largest absolute Gasteiger partial charge is 0.416 e. The van der Waals surface area contributed by atoms with Crippen molar-refractivity contribution in [2.24, 2.45) is 0 Å². The molecule has 1 saturated heterocycles. The van der Waals surface area contributed by atoms with Crippen LogP contribution in [0.2, 0.25) is 0 Å². The maximum Gasteiger partial charge on any atom is 0.416 e. The number of piperazine rings is 1. The zero-order valence-corrected chi connectivity index (χ0v) is 24.9. The second-order valence-electron chi connectivity index (χ2n) is 10.7. The summed E-state index contributed by atoms with van der Waals surface area (Å²) in [5, 5.41) is 0.584. The molecule has 3 aromatic carbocycles. The molecule has 2 heterocycles. The summed E-state index contributed by atoms with van der Waals surface area (Å²) < 4.78 is 80.6. The molecule has 0 atom stereocenters. The van der Waals surface area contributed by atoms with E-state index in [2.05, 4.69) is 4.98 Å². The number of benzene rings is 3. The minimum absolute atomic E-state index is 0.0130. The van der Waals surface area contributed by atoms with Gasteiger partial charge in [-0.1, -0.05) is 42.4 Å². The number of carbonyl (C=O) groups excluding carboxylic acids is 1. The highest BCUT2D eigenvalue weighted by Gasteiger charge is 2.32. The smallest absolute Gasteiger partial charge is 0.368 e. The third-order valence-electron chi connectivity index (χ3n) is 7.61. The molecule has 6 nitrogen and oxygen atoms in total. The van der Waals surface area contributed by atoms with Crippen molar-refractivity contribution in [3.8, 4) is 5.69 Å². The fourth-order valence-corrected chi connectivity index (χ4v) is 6.24. The first kappa shape index (κ1) is 32.4. The Labute approximate surface area is 259 Å². The van der Waals surface area contributed by atoms with Crippen LogP contribution in [0.15, 0.2) is 82.7 Å². The molecule has 238 valence electrons. The van der Waals surface area contributed by atoms with E-state index < -0.39 is 29.0 Å². The van der Waals surface area contributed by atoms with Gasteiger partial charge in [0.2, 0.25) is 5.91 Å². The molecule has 0 spiro atoms. The monoisotopic (exact) mass is 648 g/mol. The van der Waals surface area contributed by atoms with Gasteiger partial charge in [-0.2, -0.15) is 26.3 Å². The van der Waals surface area contributed by atoms with E-state index in [9.17, 15) is 35.9 Å². The molecule has 1 aliphatic rings. The van der Waals surface area contributed by atoms with E-state index in [-0.39, 0.29) is 16.8 Å². The molecule has 0 saturated carbocycles. The summed E-state index contributed by atoms with van der Waals surface area (Å²) in [5.74, 6) is 0.522. The molecule has 1 amide bonds. The molecule has 0 bridgehead atoms. The third kappa shape index (κ3) is 7.81. The summed E-state index contributed by atoms with van der Waals surface area (Å²) >= 11 is 1.27. The summed E-state index contributed by atoms with van der Waals surface area (Å²) in [4.78, 5) is 34.3. The molecule has 0 radical (unpaired) electrons. The molecule has 45 heavy (non-hydrogen) atoms. The third-order valence-corrected chi connectivity index (χ3v) is 8.64. The topological polar surface area (TPSA) is 58.4 Å². The Morgan fingerprint density at radius 2 is 1.38 bits per heavy atom. The van der Waals surface area contributed by atoms with Crippen LogP contribution in [-0.2, 0) is 17.1 Å². The number of halogens is 6. The van der Waals surface area contributed by atoms with E-state index in [4.69, 9.17) is 0 Å². The fraction of sp³-hybridized carbons (Fsp3) is 0.344. The molecular formula is C32H30F6N4O2S. The lowest BCUT2D eigenvalue weighted by atomic mass is 10.1. The van der Waals surface area contributed by atoms with Crippen LogP contribution in [0.4, 0.5) is 32.0 Å². The number of nitrogens with zero attached hydrogens (tertiary/aromatic N) is 4. The number of unbranched alkanes of at least 4 members (excludes halogenated alkanes) is 2. The lowest BCUT2D eigenvalue weighted by molar-refractivity contribution is -0.138. The van der Waals surface area contributed by atoms with Gasteiger partial charge in [-0.15, -0.1) is 0 Å². The van der Waals surface area contributed by atoms with Gasteiger partial charge in [-0.25, -0.2) is 4.98 Å². The van der Waals surface area contributed by atoms with Crippen LogP contribution in [-0.4, -0.2) is 52.3 Å². The summed E-state index contributed by atoms with van der Waals surface area (Å²) in [5.41, 5.74) is -1.01. The van der Waals surface area contributed by atoms with Crippen molar-refractivity contribution in [2.75, 3.05) is 36.8 Å². The number of para-hydroxylation sites is 1. The van der Waals surface area contributed by atoms with Crippen molar-refractivity contribution >= 4 is 34.3 Å². The van der Waals surface area contributed by atoms with Gasteiger partial charge in [0.15, 0.2) is 5.16 Å². The van der Waals surface area contributed by atoms with E-state index in [1.165, 1.54) is 34.5 Å². The number of anilines is 1. The molecule has 0 unspecified atom stereocenters. The van der Waals surface area contributed by atoms with Gasteiger partial charge in [0.1, 0.15) is 0 Å². The zero-order chi connectivity index (χ0) is 32.2. The minimum atomic E-state index is -4.56. The molecule has 4 aromatic rings. The maximum atomic E-state index is 13.4. The highest BCUT2D eigenvalue weighted by atomic mass is 32.2. The van der Waals surface area contributed by atoms with E-state index in [1.54, 1.807) is 35.2 Å². The average molecular weight is 649 g/mol. The van der Waals surface area contributed by atoms with Gasteiger partial charge in [0.25, 0.3) is 5.56 Å². The molecule has 5 rings (SSSR count). The number of aromatic nitrogens is 2. The number of fused-ring (bicyclic) bond motifs is 1. The van der Waals surface area contributed by atoms with Gasteiger partial charge in [0.05, 0.1) is 27.7 Å². The number of rotatable bonds is 9. The number of hydrogen-bond donors (Lipinski definition) is 0. The quantitative estimate of drug-likeness (QED) is 0.0819. The minimum Gasteiger partial charge on any atom is -0.368 e. The van der Waals surface area contributed by atoms with Gasteiger partial charge in [0, 0.05) is 44.0 Å². The van der Waals surface area contributed by atoms with Crippen molar-refractivity contribution in [3.63, 3.8) is 0 Å². The van der Waals surface area contributed by atoms with Gasteiger partial charge in [-0.3, -0.25) is 14.2 Å². The molecule has 13 heteroatoms. The van der Waals surface area contributed by atoms with Crippen LogP contribution in [0.25, 0.3) is 16.6 Å². The lowest BCUT2D eigenvalue weighted by Crippen LogP contribution is -2.48. The van der Waals surface area contributed by atoms with Crippen LogP contribution < -0.4 is 10.5 Å². The predicted octanol–water partition coefficient (Wildman–Crippen LogP) is 7.42. The molecule has 1 aromatic heterocycles. The van der Waals surface area contributed by atoms with Crippen LogP contribution in [0.5, 0.6) is 0 Å². The summed E-state index contributed by atoms with van der Waals surface area (Å²) in [6.07, 6.45) is -6.63. The average Bonchev–Trinajstić information content (AvgIpc) is 3.02. The van der Waals surface area contributed by atoms with E-state index in [0.717, 1.165) is 24.3 Å². The van der Waals surface area contributed by atoms with Crippen LogP contribution in [0.3, 0.4) is 0 Å². The highest BCUT2D eigenvalue weighted by Crippen LogP contribution is 2.33. The lowest BCUT2D eigenvalue weighted by Gasteiger charge is -2.36. The second kappa shape index (κ2) is 13.6. The standard InChI is InChI=1S/C32H30F6N4O2S/c33-31(34,35)22-8-6-10-24(20-22)40-15-17-41(18-16-40)28(43)14-2-1-5-19-45-30-39-27-13-4-3-12-26(27)29(44)42(30)25-11-7-9-23(21-25)32(36,37)38/h3-4,6-13,20-21H,1-2,5,14-19H2. The molecule has 1 fully saturated rings. The Hall–Kier alpha value is -4.00. The first-order valence-electron chi connectivity index (χ1n) is 14.4. The van der Waals surface area contributed by atoms with E-state index in [0.29, 0.717) is 74.2 Å². The highest BCUT2D eigenvalue weighted by molar-refractivity contribution is 7.99. The van der Waals surface area contributed by atoms with E-state index >= 15 is 0 Å². The molecular weight excluding hydrogens is 618 g/mol.